The molecule has 3 aromatic rings. The second-order valence-corrected chi connectivity index (χ2v) is 5.93. The molecule has 0 unspecified atom stereocenters. The van der Waals surface area contributed by atoms with Crippen LogP contribution in [0.2, 0.25) is 0 Å². The molecule has 0 spiro atoms. The molecule has 0 atom stereocenters. The maximum Gasteiger partial charge on any atom is 0.195 e. The zero-order chi connectivity index (χ0) is 14.1. The fourth-order valence-corrected chi connectivity index (χ4v) is 2.81. The molecular weight excluding hydrogens is 361 g/mol. The first kappa shape index (κ1) is 13.4. The van der Waals surface area contributed by atoms with E-state index < -0.39 is 0 Å². The van der Waals surface area contributed by atoms with Crippen molar-refractivity contribution in [1.82, 2.24) is 4.57 Å². The van der Waals surface area contributed by atoms with Gasteiger partial charge >= 0.3 is 0 Å². The zero-order valence-electron chi connectivity index (χ0n) is 11.1. The maximum absolute atomic E-state index is 12.7. The Bertz CT molecular complexity index is 771. The van der Waals surface area contributed by atoms with Gasteiger partial charge in [-0.15, -0.1) is 0 Å². The van der Waals surface area contributed by atoms with Crippen molar-refractivity contribution in [3.8, 4) is 0 Å². The van der Waals surface area contributed by atoms with Gasteiger partial charge < -0.3 is 4.57 Å². The van der Waals surface area contributed by atoms with Crippen LogP contribution in [0.5, 0.6) is 0 Å². The van der Waals surface area contributed by atoms with Crippen LogP contribution in [-0.4, -0.2) is 10.4 Å². The molecule has 0 aliphatic rings. The third-order valence-electron chi connectivity index (χ3n) is 3.48. The van der Waals surface area contributed by atoms with Gasteiger partial charge in [-0.05, 0) is 59.8 Å². The van der Waals surface area contributed by atoms with Crippen molar-refractivity contribution < 1.29 is 4.79 Å². The molecule has 2 aromatic carbocycles. The highest BCUT2D eigenvalue weighted by Crippen LogP contribution is 2.24. The van der Waals surface area contributed by atoms with Crippen molar-refractivity contribution in [2.45, 2.75) is 13.5 Å². The number of ketones is 1. The van der Waals surface area contributed by atoms with E-state index in [1.807, 2.05) is 48.7 Å². The molecule has 3 rings (SSSR count). The predicted octanol–water partition coefficient (Wildman–Crippen LogP) is 4.50. The van der Waals surface area contributed by atoms with E-state index in [9.17, 15) is 4.79 Å². The van der Waals surface area contributed by atoms with Crippen LogP contribution in [0.3, 0.4) is 0 Å². The summed E-state index contributed by atoms with van der Waals surface area (Å²) in [5.41, 5.74) is 2.64. The van der Waals surface area contributed by atoms with Gasteiger partial charge in [-0.1, -0.05) is 18.2 Å². The predicted molar refractivity (Wildman–Crippen MR) is 90.2 cm³/mol. The Hall–Kier alpha value is -1.62. The molecule has 0 aliphatic carbocycles. The molecule has 100 valence electrons. The quantitative estimate of drug-likeness (QED) is 0.488. The second kappa shape index (κ2) is 5.40. The Morgan fingerprint density at radius 2 is 1.80 bits per heavy atom. The minimum atomic E-state index is 0.0878. The first-order chi connectivity index (χ1) is 9.70. The fourth-order valence-electron chi connectivity index (χ4n) is 2.45. The van der Waals surface area contributed by atoms with E-state index in [1.165, 1.54) is 0 Å². The molecule has 0 fully saturated rings. The van der Waals surface area contributed by atoms with Crippen molar-refractivity contribution in [3.63, 3.8) is 0 Å². The summed E-state index contributed by atoms with van der Waals surface area (Å²) in [4.78, 5) is 12.7. The molecule has 0 radical (unpaired) electrons. The van der Waals surface area contributed by atoms with Crippen molar-refractivity contribution >= 4 is 39.3 Å². The summed E-state index contributed by atoms with van der Waals surface area (Å²) < 4.78 is 3.25. The highest BCUT2D eigenvalue weighted by atomic mass is 127. The molecule has 0 aliphatic heterocycles. The van der Waals surface area contributed by atoms with Crippen LogP contribution >= 0.6 is 22.6 Å². The van der Waals surface area contributed by atoms with Crippen LogP contribution in [0, 0.1) is 3.57 Å². The lowest BCUT2D eigenvalue weighted by atomic mass is 10.0. The largest absolute Gasteiger partial charge is 0.347 e. The molecule has 0 amide bonds. The van der Waals surface area contributed by atoms with Gasteiger partial charge in [-0.25, -0.2) is 0 Å². The topological polar surface area (TPSA) is 22.0 Å². The highest BCUT2D eigenvalue weighted by molar-refractivity contribution is 14.1. The maximum atomic E-state index is 12.7. The molecule has 20 heavy (non-hydrogen) atoms. The number of aryl methyl sites for hydroxylation is 1. The Kier molecular flexibility index (Phi) is 3.61. The first-order valence-electron chi connectivity index (χ1n) is 6.59. The number of halogens is 1. The van der Waals surface area contributed by atoms with Crippen molar-refractivity contribution in [2.24, 2.45) is 0 Å². The molecule has 0 saturated carbocycles. The minimum absolute atomic E-state index is 0.0878. The van der Waals surface area contributed by atoms with Crippen LogP contribution < -0.4 is 0 Å². The number of hydrogen-bond acceptors (Lipinski definition) is 1. The minimum Gasteiger partial charge on any atom is -0.347 e. The van der Waals surface area contributed by atoms with Gasteiger partial charge in [0.15, 0.2) is 5.78 Å². The number of benzene rings is 2. The van der Waals surface area contributed by atoms with E-state index in [4.69, 9.17) is 0 Å². The number of fused-ring (bicyclic) bond motifs is 1. The number of hydrogen-bond donors (Lipinski definition) is 0. The van der Waals surface area contributed by atoms with Gasteiger partial charge in [-0.3, -0.25) is 4.79 Å². The molecule has 1 aromatic heterocycles. The van der Waals surface area contributed by atoms with Crippen LogP contribution in [-0.2, 0) is 6.54 Å². The summed E-state index contributed by atoms with van der Waals surface area (Å²) in [7, 11) is 0. The van der Waals surface area contributed by atoms with Crippen molar-refractivity contribution in [2.75, 3.05) is 0 Å². The molecular formula is C17H14INO. The third-order valence-corrected chi connectivity index (χ3v) is 4.20. The average molecular weight is 375 g/mol. The Morgan fingerprint density at radius 1 is 1.10 bits per heavy atom. The standard InChI is InChI=1S/C17H14INO/c1-2-19-11-15(14-5-3-4-6-16(14)19)17(20)12-7-9-13(18)10-8-12/h3-11H,2H2,1H3. The van der Waals surface area contributed by atoms with Crippen LogP contribution in [0.15, 0.2) is 54.7 Å². The van der Waals surface area contributed by atoms with Gasteiger partial charge in [0.05, 0.1) is 0 Å². The number of carbonyl (C=O) groups is 1. The Balaban J connectivity index is 2.14. The van der Waals surface area contributed by atoms with Gasteiger partial charge in [0.25, 0.3) is 0 Å². The van der Waals surface area contributed by atoms with E-state index in [2.05, 4.69) is 40.1 Å². The van der Waals surface area contributed by atoms with Gasteiger partial charge in [0, 0.05) is 38.3 Å². The van der Waals surface area contributed by atoms with E-state index in [0.29, 0.717) is 0 Å². The Labute approximate surface area is 131 Å². The van der Waals surface area contributed by atoms with E-state index in [-0.39, 0.29) is 5.78 Å². The van der Waals surface area contributed by atoms with Crippen LogP contribution in [0.25, 0.3) is 10.9 Å². The summed E-state index contributed by atoms with van der Waals surface area (Å²) in [5, 5.41) is 1.03. The summed E-state index contributed by atoms with van der Waals surface area (Å²) in [6.45, 7) is 2.95. The number of para-hydroxylation sites is 1. The van der Waals surface area contributed by atoms with Gasteiger partial charge in [0.2, 0.25) is 0 Å². The second-order valence-electron chi connectivity index (χ2n) is 4.68. The number of aromatic nitrogens is 1. The molecule has 2 nitrogen and oxygen atoms in total. The monoisotopic (exact) mass is 375 g/mol. The fraction of sp³-hybridized carbons (Fsp3) is 0.118. The molecule has 1 heterocycles. The first-order valence-corrected chi connectivity index (χ1v) is 7.66. The van der Waals surface area contributed by atoms with Crippen LogP contribution in [0.4, 0.5) is 0 Å². The van der Waals surface area contributed by atoms with Crippen molar-refractivity contribution in [3.05, 3.63) is 69.4 Å². The summed E-state index contributed by atoms with van der Waals surface area (Å²) in [6.07, 6.45) is 1.96. The Morgan fingerprint density at radius 3 is 2.50 bits per heavy atom. The zero-order valence-corrected chi connectivity index (χ0v) is 13.3. The lowest BCUT2D eigenvalue weighted by molar-refractivity contribution is 0.104. The van der Waals surface area contributed by atoms with Crippen molar-refractivity contribution in [1.29, 1.82) is 0 Å². The summed E-state index contributed by atoms with van der Waals surface area (Å²) in [6, 6.07) is 15.8. The SMILES string of the molecule is CCn1cc(C(=O)c2ccc(I)cc2)c2ccccc21. The van der Waals surface area contributed by atoms with Gasteiger partial charge in [-0.2, -0.15) is 0 Å². The smallest absolute Gasteiger partial charge is 0.195 e. The number of nitrogens with zero attached hydrogens (tertiary/aromatic N) is 1. The molecule has 0 saturated heterocycles. The molecule has 0 bridgehead atoms. The van der Waals surface area contributed by atoms with E-state index >= 15 is 0 Å². The number of carbonyl (C=O) groups excluding carboxylic acids is 1. The lowest BCUT2D eigenvalue weighted by Crippen LogP contribution is -2.00. The van der Waals surface area contributed by atoms with E-state index in [0.717, 1.165) is 32.1 Å². The van der Waals surface area contributed by atoms with Gasteiger partial charge in [0.1, 0.15) is 0 Å². The van der Waals surface area contributed by atoms with E-state index in [1.54, 1.807) is 0 Å². The molecule has 0 N–H and O–H groups in total. The average Bonchev–Trinajstić information content (AvgIpc) is 2.86. The normalized spacial score (nSPS) is 10.9. The third kappa shape index (κ3) is 2.26. The highest BCUT2D eigenvalue weighted by Gasteiger charge is 2.15. The van der Waals surface area contributed by atoms with Crippen LogP contribution in [0.1, 0.15) is 22.8 Å². The lowest BCUT2D eigenvalue weighted by Gasteiger charge is -2.00. The summed E-state index contributed by atoms with van der Waals surface area (Å²) >= 11 is 2.24. The summed E-state index contributed by atoms with van der Waals surface area (Å²) in [5.74, 6) is 0.0878. The number of rotatable bonds is 3. The molecule has 3 heteroatoms.